The number of amides is 1. The number of aliphatic hydroxyl groups excluding tert-OH is 1. The van der Waals surface area contributed by atoms with E-state index in [9.17, 15) is 19.7 Å². The number of methoxy groups -OCH3 is 2. The Morgan fingerprint density at radius 1 is 1.43 bits per heavy atom. The van der Waals surface area contributed by atoms with E-state index in [0.717, 1.165) is 13.2 Å². The number of ether oxygens (including phenoxy) is 2. The van der Waals surface area contributed by atoms with Crippen LogP contribution >= 0.6 is 0 Å². The highest BCUT2D eigenvalue weighted by Crippen LogP contribution is 2.27. The summed E-state index contributed by atoms with van der Waals surface area (Å²) >= 11 is 0. The lowest BCUT2D eigenvalue weighted by Crippen LogP contribution is -2.44. The van der Waals surface area contributed by atoms with Crippen LogP contribution in [-0.4, -0.2) is 48.8 Å². The lowest BCUT2D eigenvalue weighted by atomic mass is 10.1. The molecule has 0 saturated carbocycles. The van der Waals surface area contributed by atoms with Gasteiger partial charge in [-0.05, 0) is 12.1 Å². The molecule has 0 fully saturated rings. The van der Waals surface area contributed by atoms with Crippen LogP contribution in [0.1, 0.15) is 10.4 Å². The summed E-state index contributed by atoms with van der Waals surface area (Å²) in [6, 6.07) is 2.33. The predicted octanol–water partition coefficient (Wildman–Crippen LogP) is -0.133. The summed E-state index contributed by atoms with van der Waals surface area (Å²) in [5.74, 6) is -1.58. The Bertz CT molecular complexity index is 559. The molecule has 0 heterocycles. The number of nitro groups is 1. The molecule has 0 aliphatic heterocycles. The zero-order valence-electron chi connectivity index (χ0n) is 11.4. The lowest BCUT2D eigenvalue weighted by molar-refractivity contribution is -0.385. The quantitative estimate of drug-likeness (QED) is 0.425. The minimum Gasteiger partial charge on any atom is -0.490 e. The fourth-order valence-electron chi connectivity index (χ4n) is 1.54. The number of esters is 1. The third-order valence-corrected chi connectivity index (χ3v) is 2.61. The molecule has 0 aromatic heterocycles. The van der Waals surface area contributed by atoms with Crippen molar-refractivity contribution in [2.24, 2.45) is 0 Å². The van der Waals surface area contributed by atoms with Gasteiger partial charge in [-0.15, -0.1) is 0 Å². The molecular weight excluding hydrogens is 284 g/mol. The van der Waals surface area contributed by atoms with E-state index in [1.54, 1.807) is 0 Å². The third-order valence-electron chi connectivity index (χ3n) is 2.61. The molecule has 114 valence electrons. The van der Waals surface area contributed by atoms with Crippen LogP contribution < -0.4 is 10.1 Å². The molecule has 1 atom stereocenters. The van der Waals surface area contributed by atoms with Gasteiger partial charge in [0.05, 0.1) is 25.7 Å². The van der Waals surface area contributed by atoms with Crippen LogP contribution in [0.2, 0.25) is 0 Å². The average Bonchev–Trinajstić information content (AvgIpc) is 2.50. The van der Waals surface area contributed by atoms with Crippen molar-refractivity contribution in [1.29, 1.82) is 0 Å². The normalized spacial score (nSPS) is 11.4. The summed E-state index contributed by atoms with van der Waals surface area (Å²) in [6.45, 7) is -0.656. The molecule has 0 radical (unpaired) electrons. The van der Waals surface area contributed by atoms with Gasteiger partial charge in [0.15, 0.2) is 11.8 Å². The number of hydrogen-bond acceptors (Lipinski definition) is 7. The lowest BCUT2D eigenvalue weighted by Gasteiger charge is -2.13. The number of hydrogen-bond donors (Lipinski definition) is 2. The van der Waals surface area contributed by atoms with Gasteiger partial charge in [0.25, 0.3) is 5.91 Å². The van der Waals surface area contributed by atoms with Crippen molar-refractivity contribution in [3.8, 4) is 5.75 Å². The van der Waals surface area contributed by atoms with Gasteiger partial charge in [-0.25, -0.2) is 4.79 Å². The molecular formula is C12H14N2O7. The van der Waals surface area contributed by atoms with E-state index in [1.165, 1.54) is 19.2 Å². The van der Waals surface area contributed by atoms with Gasteiger partial charge in [0.2, 0.25) is 0 Å². The first-order chi connectivity index (χ1) is 9.94. The molecule has 2 N–H and O–H groups in total. The fourth-order valence-corrected chi connectivity index (χ4v) is 1.54. The molecule has 21 heavy (non-hydrogen) atoms. The zero-order chi connectivity index (χ0) is 16.0. The highest BCUT2D eigenvalue weighted by atomic mass is 16.6. The fraction of sp³-hybridized carbons (Fsp3) is 0.333. The minimum absolute atomic E-state index is 0.00299. The molecule has 1 unspecified atom stereocenters. The Labute approximate surface area is 119 Å². The molecule has 0 aliphatic rings. The summed E-state index contributed by atoms with van der Waals surface area (Å²) < 4.78 is 9.21. The highest BCUT2D eigenvalue weighted by molar-refractivity contribution is 5.97. The molecule has 1 aromatic rings. The topological polar surface area (TPSA) is 128 Å². The second kappa shape index (κ2) is 7.20. The Kier molecular flexibility index (Phi) is 5.61. The smallest absolute Gasteiger partial charge is 0.330 e. The Morgan fingerprint density at radius 2 is 2.10 bits per heavy atom. The van der Waals surface area contributed by atoms with Crippen LogP contribution in [0.5, 0.6) is 5.75 Å². The minimum atomic E-state index is -1.25. The maximum Gasteiger partial charge on any atom is 0.330 e. The Morgan fingerprint density at radius 3 is 2.57 bits per heavy atom. The van der Waals surface area contributed by atoms with E-state index >= 15 is 0 Å². The molecule has 1 amide bonds. The van der Waals surface area contributed by atoms with E-state index in [2.05, 4.69) is 10.1 Å². The van der Waals surface area contributed by atoms with Gasteiger partial charge >= 0.3 is 11.7 Å². The molecule has 1 aromatic carbocycles. The van der Waals surface area contributed by atoms with Crippen molar-refractivity contribution >= 4 is 17.6 Å². The van der Waals surface area contributed by atoms with Gasteiger partial charge in [-0.2, -0.15) is 0 Å². The summed E-state index contributed by atoms with van der Waals surface area (Å²) in [7, 11) is 2.37. The average molecular weight is 298 g/mol. The van der Waals surface area contributed by atoms with Crippen molar-refractivity contribution in [1.82, 2.24) is 5.32 Å². The predicted molar refractivity (Wildman–Crippen MR) is 70.0 cm³/mol. The first-order valence-electron chi connectivity index (χ1n) is 5.76. The summed E-state index contributed by atoms with van der Waals surface area (Å²) in [5.41, 5.74) is -0.436. The van der Waals surface area contributed by atoms with E-state index in [4.69, 9.17) is 9.84 Å². The number of benzene rings is 1. The van der Waals surface area contributed by atoms with Crippen LogP contribution in [0.3, 0.4) is 0 Å². The first-order valence-corrected chi connectivity index (χ1v) is 5.76. The number of nitrogens with one attached hydrogen (secondary N) is 1. The van der Waals surface area contributed by atoms with Crippen LogP contribution in [-0.2, 0) is 9.53 Å². The number of nitrogens with zero attached hydrogens (tertiary/aromatic N) is 1. The van der Waals surface area contributed by atoms with Crippen molar-refractivity contribution in [2.75, 3.05) is 20.8 Å². The SMILES string of the molecule is COC(=O)C(CO)NC(=O)c1ccc(OC)c([N+](=O)[O-])c1. The van der Waals surface area contributed by atoms with Gasteiger partial charge in [0, 0.05) is 11.6 Å². The number of nitro benzene ring substituents is 1. The van der Waals surface area contributed by atoms with E-state index in [-0.39, 0.29) is 17.0 Å². The van der Waals surface area contributed by atoms with Gasteiger partial charge in [0.1, 0.15) is 0 Å². The van der Waals surface area contributed by atoms with Crippen LogP contribution in [0, 0.1) is 10.1 Å². The van der Waals surface area contributed by atoms with Crippen molar-refractivity contribution < 1.29 is 29.1 Å². The maximum atomic E-state index is 11.9. The second-order valence-corrected chi connectivity index (χ2v) is 3.88. The molecule has 0 spiro atoms. The van der Waals surface area contributed by atoms with Crippen molar-refractivity contribution in [2.45, 2.75) is 6.04 Å². The largest absolute Gasteiger partial charge is 0.490 e. The monoisotopic (exact) mass is 298 g/mol. The molecule has 9 nitrogen and oxygen atoms in total. The van der Waals surface area contributed by atoms with Crippen molar-refractivity contribution in [3.63, 3.8) is 0 Å². The van der Waals surface area contributed by atoms with E-state index < -0.39 is 29.4 Å². The molecule has 0 bridgehead atoms. The third kappa shape index (κ3) is 3.89. The number of carbonyl (C=O) groups is 2. The molecule has 0 aliphatic carbocycles. The molecule has 0 saturated heterocycles. The number of rotatable bonds is 6. The summed E-state index contributed by atoms with van der Waals surface area (Å²) in [6.07, 6.45) is 0. The first kappa shape index (κ1) is 16.4. The maximum absolute atomic E-state index is 11.9. The van der Waals surface area contributed by atoms with Gasteiger partial charge in [-0.1, -0.05) is 0 Å². The number of aliphatic hydroxyl groups is 1. The van der Waals surface area contributed by atoms with E-state index in [0.29, 0.717) is 0 Å². The van der Waals surface area contributed by atoms with Gasteiger partial charge in [-0.3, -0.25) is 14.9 Å². The summed E-state index contributed by atoms with van der Waals surface area (Å²) in [5, 5.41) is 22.1. The van der Waals surface area contributed by atoms with Crippen LogP contribution in [0.25, 0.3) is 0 Å². The highest BCUT2D eigenvalue weighted by Gasteiger charge is 2.23. The molecule has 9 heteroatoms. The zero-order valence-corrected chi connectivity index (χ0v) is 11.4. The summed E-state index contributed by atoms with van der Waals surface area (Å²) in [4.78, 5) is 33.3. The number of carbonyl (C=O) groups excluding carboxylic acids is 2. The van der Waals surface area contributed by atoms with Crippen molar-refractivity contribution in [3.05, 3.63) is 33.9 Å². The van der Waals surface area contributed by atoms with Crippen LogP contribution in [0.4, 0.5) is 5.69 Å². The van der Waals surface area contributed by atoms with Gasteiger partial charge < -0.3 is 19.9 Å². The Hall–Kier alpha value is -2.68. The standard InChI is InChI=1S/C12H14N2O7/c1-20-10-4-3-7(5-9(10)14(18)19)11(16)13-8(6-15)12(17)21-2/h3-5,8,15H,6H2,1-2H3,(H,13,16). The van der Waals surface area contributed by atoms with E-state index in [1.807, 2.05) is 0 Å². The van der Waals surface area contributed by atoms with Crippen LogP contribution in [0.15, 0.2) is 18.2 Å². The second-order valence-electron chi connectivity index (χ2n) is 3.88. The Balaban J connectivity index is 3.00. The molecule has 1 rings (SSSR count).